The summed E-state index contributed by atoms with van der Waals surface area (Å²) in [5.74, 6) is 1.85. The van der Waals surface area contributed by atoms with Gasteiger partial charge in [-0.05, 0) is 59.3 Å². The van der Waals surface area contributed by atoms with Gasteiger partial charge in [-0.3, -0.25) is 4.57 Å². The Labute approximate surface area is 319 Å². The fraction of sp³-hybridized carbons (Fsp3) is 0. The summed E-state index contributed by atoms with van der Waals surface area (Å²) in [6, 6.07) is 62.6. The number of aromatic nitrogens is 5. The molecule has 0 spiro atoms. The molecule has 0 aliphatic rings. The number of hydrogen-bond donors (Lipinski definition) is 0. The fourth-order valence-electron chi connectivity index (χ4n) is 8.48. The van der Waals surface area contributed by atoms with Gasteiger partial charge < -0.3 is 4.57 Å². The average molecular weight is 720 g/mol. The van der Waals surface area contributed by atoms with Gasteiger partial charge in [-0.1, -0.05) is 127 Å². The number of para-hydroxylation sites is 3. The van der Waals surface area contributed by atoms with Gasteiger partial charge in [-0.15, -0.1) is 11.3 Å². The minimum Gasteiger partial charge on any atom is -0.309 e. The first-order chi connectivity index (χ1) is 27.3. The Kier molecular flexibility index (Phi) is 6.44. The first-order valence-corrected chi connectivity index (χ1v) is 19.3. The average Bonchev–Trinajstić information content (AvgIpc) is 3.90. The van der Waals surface area contributed by atoms with E-state index < -0.39 is 0 Å². The number of rotatable bonds is 4. The highest BCUT2D eigenvalue weighted by atomic mass is 32.1. The molecule has 6 heteroatoms. The number of fused-ring (bicyclic) bond motifs is 10. The van der Waals surface area contributed by atoms with E-state index in [-0.39, 0.29) is 0 Å². The van der Waals surface area contributed by atoms with Gasteiger partial charge in [0.05, 0.1) is 22.1 Å². The van der Waals surface area contributed by atoms with Crippen LogP contribution < -0.4 is 0 Å². The highest BCUT2D eigenvalue weighted by molar-refractivity contribution is 7.26. The lowest BCUT2D eigenvalue weighted by atomic mass is 10.1. The molecule has 0 radical (unpaired) electrons. The van der Waals surface area contributed by atoms with E-state index in [4.69, 9.17) is 15.0 Å². The zero-order valence-electron chi connectivity index (χ0n) is 29.4. The molecule has 8 aromatic carbocycles. The molecule has 0 bridgehead atoms. The van der Waals surface area contributed by atoms with Crippen molar-refractivity contribution in [1.82, 2.24) is 24.1 Å². The largest absolute Gasteiger partial charge is 0.309 e. The number of benzene rings is 8. The molecule has 0 atom stereocenters. The van der Waals surface area contributed by atoms with Gasteiger partial charge in [0.15, 0.2) is 11.6 Å². The van der Waals surface area contributed by atoms with E-state index >= 15 is 0 Å². The van der Waals surface area contributed by atoms with Crippen LogP contribution in [-0.2, 0) is 0 Å². The Hall–Kier alpha value is -7.15. The highest BCUT2D eigenvalue weighted by Crippen LogP contribution is 2.43. The van der Waals surface area contributed by atoms with Crippen molar-refractivity contribution < 1.29 is 0 Å². The fourth-order valence-corrected chi connectivity index (χ4v) is 9.67. The molecule has 4 heterocycles. The van der Waals surface area contributed by atoms with E-state index in [1.165, 1.54) is 37.0 Å². The summed E-state index contributed by atoms with van der Waals surface area (Å²) in [6.45, 7) is 0. The molecule has 0 unspecified atom stereocenters. The second-order valence-corrected chi connectivity index (χ2v) is 15.1. The Morgan fingerprint density at radius 2 is 0.945 bits per heavy atom. The molecule has 12 rings (SSSR count). The van der Waals surface area contributed by atoms with E-state index in [9.17, 15) is 0 Å². The number of nitrogens with zero attached hydrogens (tertiary/aromatic N) is 5. The van der Waals surface area contributed by atoms with Crippen LogP contribution in [-0.4, -0.2) is 24.1 Å². The summed E-state index contributed by atoms with van der Waals surface area (Å²) in [5.41, 5.74) is 7.40. The molecule has 0 N–H and O–H groups in total. The quantitative estimate of drug-likeness (QED) is 0.182. The van der Waals surface area contributed by atoms with Crippen LogP contribution in [0.15, 0.2) is 176 Å². The summed E-state index contributed by atoms with van der Waals surface area (Å²) in [6.07, 6.45) is 0. The van der Waals surface area contributed by atoms with E-state index in [2.05, 4.69) is 167 Å². The molecule has 12 aromatic rings. The van der Waals surface area contributed by atoms with Crippen LogP contribution in [0.1, 0.15) is 0 Å². The molecule has 5 nitrogen and oxygen atoms in total. The maximum absolute atomic E-state index is 5.42. The van der Waals surface area contributed by atoms with E-state index in [0.29, 0.717) is 17.6 Å². The molecule has 0 amide bonds. The standard InChI is InChI=1S/C49H29N5S/c1-2-14-30(15-3-1)47-50-48(52-49(51-47)54-42-23-11-6-18-34(42)35-19-7-12-24-43(35)54)40-29-33(28-39-37-21-9-13-25-45(37)55-46(39)40)53-41-22-10-8-20-36(41)38-26-31-16-4-5-17-32(31)27-44(38)53/h1-29H. The summed E-state index contributed by atoms with van der Waals surface area (Å²) < 4.78 is 6.98. The molecule has 0 saturated carbocycles. The van der Waals surface area contributed by atoms with Crippen molar-refractivity contribution in [3.05, 3.63) is 176 Å². The normalized spacial score (nSPS) is 12.0. The van der Waals surface area contributed by atoms with Crippen LogP contribution in [0.4, 0.5) is 0 Å². The third kappa shape index (κ3) is 4.55. The lowest BCUT2D eigenvalue weighted by molar-refractivity contribution is 0.954. The van der Waals surface area contributed by atoms with Crippen molar-refractivity contribution in [2.24, 2.45) is 0 Å². The molecular formula is C49H29N5S. The van der Waals surface area contributed by atoms with Gasteiger partial charge >= 0.3 is 0 Å². The van der Waals surface area contributed by atoms with Crippen molar-refractivity contribution in [3.8, 4) is 34.4 Å². The number of hydrogen-bond acceptors (Lipinski definition) is 4. The van der Waals surface area contributed by atoms with Crippen molar-refractivity contribution in [3.63, 3.8) is 0 Å². The van der Waals surface area contributed by atoms with Crippen LogP contribution in [0.25, 0.3) is 109 Å². The van der Waals surface area contributed by atoms with Crippen molar-refractivity contribution in [2.45, 2.75) is 0 Å². The number of thiophene rings is 1. The molecule has 0 saturated heterocycles. The van der Waals surface area contributed by atoms with E-state index in [1.54, 1.807) is 11.3 Å². The van der Waals surface area contributed by atoms with E-state index in [0.717, 1.165) is 54.4 Å². The summed E-state index contributed by atoms with van der Waals surface area (Å²) in [4.78, 5) is 15.9. The maximum Gasteiger partial charge on any atom is 0.238 e. The van der Waals surface area contributed by atoms with Gasteiger partial charge in [0.2, 0.25) is 5.95 Å². The van der Waals surface area contributed by atoms with E-state index in [1.807, 2.05) is 18.2 Å². The first-order valence-electron chi connectivity index (χ1n) is 18.4. The molecule has 0 aliphatic carbocycles. The van der Waals surface area contributed by atoms with Crippen molar-refractivity contribution in [2.75, 3.05) is 0 Å². The van der Waals surface area contributed by atoms with Crippen LogP contribution in [0.5, 0.6) is 0 Å². The molecule has 256 valence electrons. The molecular weight excluding hydrogens is 691 g/mol. The Morgan fingerprint density at radius 3 is 1.67 bits per heavy atom. The smallest absolute Gasteiger partial charge is 0.238 e. The van der Waals surface area contributed by atoms with Crippen molar-refractivity contribution >= 4 is 85.9 Å². The monoisotopic (exact) mass is 719 g/mol. The second-order valence-electron chi connectivity index (χ2n) is 14.1. The van der Waals surface area contributed by atoms with Crippen LogP contribution in [0.3, 0.4) is 0 Å². The summed E-state index contributed by atoms with van der Waals surface area (Å²) >= 11 is 1.79. The summed E-state index contributed by atoms with van der Waals surface area (Å²) in [7, 11) is 0. The molecule has 55 heavy (non-hydrogen) atoms. The van der Waals surface area contributed by atoms with Gasteiger partial charge in [-0.25, -0.2) is 4.98 Å². The third-order valence-corrected chi connectivity index (χ3v) is 12.2. The van der Waals surface area contributed by atoms with Crippen LogP contribution in [0.2, 0.25) is 0 Å². The lowest BCUT2D eigenvalue weighted by Gasteiger charge is -2.14. The predicted molar refractivity (Wildman–Crippen MR) is 230 cm³/mol. The van der Waals surface area contributed by atoms with Gasteiger partial charge in [0.1, 0.15) is 0 Å². The topological polar surface area (TPSA) is 48.5 Å². The van der Waals surface area contributed by atoms with Gasteiger partial charge in [-0.2, -0.15) is 9.97 Å². The second kappa shape index (κ2) is 11.7. The lowest BCUT2D eigenvalue weighted by Crippen LogP contribution is -2.06. The molecule has 4 aromatic heterocycles. The first kappa shape index (κ1) is 30.3. The zero-order valence-corrected chi connectivity index (χ0v) is 30.2. The van der Waals surface area contributed by atoms with Crippen LogP contribution >= 0.6 is 11.3 Å². The van der Waals surface area contributed by atoms with Crippen LogP contribution in [0, 0.1) is 0 Å². The zero-order chi connectivity index (χ0) is 36.0. The third-order valence-electron chi connectivity index (χ3n) is 10.9. The Bertz CT molecular complexity index is 3450. The molecule has 0 aliphatic heterocycles. The molecule has 0 fully saturated rings. The highest BCUT2D eigenvalue weighted by Gasteiger charge is 2.22. The SMILES string of the molecule is c1ccc(-c2nc(-c3cc(-n4c5ccccc5c5cc6ccccc6cc54)cc4c3sc3ccccc34)nc(-n3c4ccccc4c4ccccc43)n2)cc1. The minimum absolute atomic E-state index is 0.587. The minimum atomic E-state index is 0.587. The Morgan fingerprint density at radius 1 is 0.382 bits per heavy atom. The van der Waals surface area contributed by atoms with Gasteiger partial charge in [0.25, 0.3) is 0 Å². The van der Waals surface area contributed by atoms with Gasteiger partial charge in [0, 0.05) is 58.5 Å². The predicted octanol–water partition coefficient (Wildman–Crippen LogP) is 12.9. The Balaban J connectivity index is 1.21. The summed E-state index contributed by atoms with van der Waals surface area (Å²) in [5, 5.41) is 9.61. The maximum atomic E-state index is 5.42. The van der Waals surface area contributed by atoms with Crippen molar-refractivity contribution in [1.29, 1.82) is 0 Å².